The first kappa shape index (κ1) is 17.3. The van der Waals surface area contributed by atoms with Crippen molar-refractivity contribution in [2.45, 2.75) is 0 Å². The molecule has 140 valence electrons. The molecule has 0 saturated heterocycles. The van der Waals surface area contributed by atoms with Crippen LogP contribution in [0.4, 0.5) is 17.1 Å². The van der Waals surface area contributed by atoms with Crippen LogP contribution in [0.25, 0.3) is 32.7 Å². The van der Waals surface area contributed by atoms with Crippen molar-refractivity contribution in [3.05, 3.63) is 103 Å². The zero-order valence-electron chi connectivity index (χ0n) is 16.3. The van der Waals surface area contributed by atoms with Gasteiger partial charge in [0.15, 0.2) is 0 Å². The van der Waals surface area contributed by atoms with Crippen molar-refractivity contribution in [2.24, 2.45) is 0 Å². The number of para-hydroxylation sites is 2. The lowest BCUT2D eigenvalue weighted by molar-refractivity contribution is 1.21. The zero-order valence-corrected chi connectivity index (χ0v) is 16.3. The lowest BCUT2D eigenvalue weighted by atomic mass is 9.98. The number of hydrogen-bond donors (Lipinski definition) is 1. The third kappa shape index (κ3) is 3.19. The first-order chi connectivity index (χ1) is 14.2. The highest BCUT2D eigenvalue weighted by atomic mass is 15.1. The molecule has 0 bridgehead atoms. The Hall–Kier alpha value is -3.78. The second-order valence-corrected chi connectivity index (χ2v) is 7.43. The SMILES string of the molecule is CN(c1ccc(-c2ccc3cc4ccccc4cc3c2)cc1)c1ccccc1N. The Bertz CT molecular complexity index is 1320. The molecule has 2 N–H and O–H groups in total. The van der Waals surface area contributed by atoms with Gasteiger partial charge in [0, 0.05) is 12.7 Å². The van der Waals surface area contributed by atoms with E-state index in [0.717, 1.165) is 17.1 Å². The summed E-state index contributed by atoms with van der Waals surface area (Å²) in [6.07, 6.45) is 0. The molecular weight excluding hydrogens is 352 g/mol. The number of nitrogens with two attached hydrogens (primary N) is 1. The molecule has 0 radical (unpaired) electrons. The number of benzene rings is 5. The summed E-state index contributed by atoms with van der Waals surface area (Å²) in [5, 5.41) is 5.08. The number of hydrogen-bond acceptors (Lipinski definition) is 2. The molecule has 2 nitrogen and oxygen atoms in total. The predicted molar refractivity (Wildman–Crippen MR) is 126 cm³/mol. The van der Waals surface area contributed by atoms with Crippen molar-refractivity contribution >= 4 is 38.6 Å². The van der Waals surface area contributed by atoms with Crippen molar-refractivity contribution in [1.82, 2.24) is 0 Å². The van der Waals surface area contributed by atoms with Crippen LogP contribution >= 0.6 is 0 Å². The van der Waals surface area contributed by atoms with E-state index in [2.05, 4.69) is 83.8 Å². The van der Waals surface area contributed by atoms with Crippen molar-refractivity contribution < 1.29 is 0 Å². The maximum Gasteiger partial charge on any atom is 0.0641 e. The van der Waals surface area contributed by atoms with Crippen LogP contribution in [0.3, 0.4) is 0 Å². The highest BCUT2D eigenvalue weighted by Gasteiger charge is 2.08. The van der Waals surface area contributed by atoms with Crippen molar-refractivity contribution in [3.8, 4) is 11.1 Å². The smallest absolute Gasteiger partial charge is 0.0641 e. The summed E-state index contributed by atoms with van der Waals surface area (Å²) in [5.74, 6) is 0. The molecule has 0 aliphatic carbocycles. The van der Waals surface area contributed by atoms with Crippen LogP contribution in [0.15, 0.2) is 103 Å². The van der Waals surface area contributed by atoms with Crippen LogP contribution in [0.2, 0.25) is 0 Å². The van der Waals surface area contributed by atoms with Crippen molar-refractivity contribution in [1.29, 1.82) is 0 Å². The van der Waals surface area contributed by atoms with Gasteiger partial charge >= 0.3 is 0 Å². The van der Waals surface area contributed by atoms with Gasteiger partial charge in [-0.2, -0.15) is 0 Å². The van der Waals surface area contributed by atoms with E-state index in [9.17, 15) is 0 Å². The third-order valence-corrected chi connectivity index (χ3v) is 5.59. The van der Waals surface area contributed by atoms with Gasteiger partial charge in [0.25, 0.3) is 0 Å². The lowest BCUT2D eigenvalue weighted by Gasteiger charge is -2.21. The Labute approximate surface area is 170 Å². The van der Waals surface area contributed by atoms with Gasteiger partial charge in [-0.25, -0.2) is 0 Å². The van der Waals surface area contributed by atoms with Crippen LogP contribution in [0.5, 0.6) is 0 Å². The van der Waals surface area contributed by atoms with Crippen LogP contribution in [-0.4, -0.2) is 7.05 Å². The first-order valence-electron chi connectivity index (χ1n) is 9.80. The normalized spacial score (nSPS) is 11.1. The fraction of sp³-hybridized carbons (Fsp3) is 0.0370. The Morgan fingerprint density at radius 3 is 1.86 bits per heavy atom. The fourth-order valence-electron chi connectivity index (χ4n) is 3.93. The van der Waals surface area contributed by atoms with Gasteiger partial charge in [-0.05, 0) is 75.1 Å². The van der Waals surface area contributed by atoms with E-state index in [0.29, 0.717) is 0 Å². The Morgan fingerprint density at radius 1 is 0.552 bits per heavy atom. The van der Waals surface area contributed by atoms with Gasteiger partial charge in [0.05, 0.1) is 11.4 Å². The minimum atomic E-state index is 0.779. The molecular formula is C27H22N2. The van der Waals surface area contributed by atoms with Crippen molar-refractivity contribution in [2.75, 3.05) is 17.7 Å². The van der Waals surface area contributed by atoms with E-state index >= 15 is 0 Å². The molecule has 2 heteroatoms. The standard InChI is InChI=1S/C27H22N2/c1-29(27-9-5-4-8-26(27)28)25-14-12-19(13-15-25)22-10-11-23-16-20-6-2-3-7-21(20)17-24(23)18-22/h2-18H,28H2,1H3. The second-order valence-electron chi connectivity index (χ2n) is 7.43. The Balaban J connectivity index is 1.50. The van der Waals surface area contributed by atoms with E-state index in [1.165, 1.54) is 32.7 Å². The Kier molecular flexibility index (Phi) is 4.18. The summed E-state index contributed by atoms with van der Waals surface area (Å²) in [7, 11) is 2.04. The van der Waals surface area contributed by atoms with Crippen LogP contribution in [0, 0.1) is 0 Å². The van der Waals surface area contributed by atoms with Gasteiger partial charge in [0.2, 0.25) is 0 Å². The summed E-state index contributed by atoms with van der Waals surface area (Å²) < 4.78 is 0. The number of fused-ring (bicyclic) bond motifs is 2. The van der Waals surface area contributed by atoms with E-state index in [1.807, 2.05) is 31.3 Å². The second kappa shape index (κ2) is 6.99. The Morgan fingerprint density at radius 2 is 1.14 bits per heavy atom. The van der Waals surface area contributed by atoms with Crippen molar-refractivity contribution in [3.63, 3.8) is 0 Å². The fourth-order valence-corrected chi connectivity index (χ4v) is 3.93. The predicted octanol–water partition coefficient (Wildman–Crippen LogP) is 7.01. The topological polar surface area (TPSA) is 29.3 Å². The number of rotatable bonds is 3. The third-order valence-electron chi connectivity index (χ3n) is 5.59. The largest absolute Gasteiger partial charge is 0.397 e. The molecule has 0 fully saturated rings. The maximum absolute atomic E-state index is 6.13. The highest BCUT2D eigenvalue weighted by Crippen LogP contribution is 2.32. The zero-order chi connectivity index (χ0) is 19.8. The first-order valence-corrected chi connectivity index (χ1v) is 9.80. The monoisotopic (exact) mass is 374 g/mol. The van der Waals surface area contributed by atoms with Gasteiger partial charge in [-0.3, -0.25) is 0 Å². The molecule has 0 atom stereocenters. The number of nitrogens with zero attached hydrogens (tertiary/aromatic N) is 1. The molecule has 0 amide bonds. The summed E-state index contributed by atoms with van der Waals surface area (Å²) >= 11 is 0. The van der Waals surface area contributed by atoms with Gasteiger partial charge in [0.1, 0.15) is 0 Å². The van der Waals surface area contributed by atoms with E-state index in [1.54, 1.807) is 0 Å². The summed E-state index contributed by atoms with van der Waals surface area (Å²) in [6.45, 7) is 0. The average molecular weight is 374 g/mol. The molecule has 0 aromatic heterocycles. The summed E-state index contributed by atoms with van der Waals surface area (Å²) in [6, 6.07) is 36.3. The lowest BCUT2D eigenvalue weighted by Crippen LogP contribution is -2.11. The van der Waals surface area contributed by atoms with Gasteiger partial charge in [-0.1, -0.05) is 60.7 Å². The minimum absolute atomic E-state index is 0.779. The molecule has 0 aliphatic rings. The van der Waals surface area contributed by atoms with Crippen LogP contribution < -0.4 is 10.6 Å². The minimum Gasteiger partial charge on any atom is -0.397 e. The summed E-state index contributed by atoms with van der Waals surface area (Å²) in [5.41, 5.74) is 11.5. The number of nitrogen functional groups attached to an aromatic ring is 1. The molecule has 5 aromatic rings. The molecule has 0 unspecified atom stereocenters. The quantitative estimate of drug-likeness (QED) is 0.272. The summed E-state index contributed by atoms with van der Waals surface area (Å²) in [4.78, 5) is 2.12. The average Bonchev–Trinajstić information content (AvgIpc) is 2.77. The molecule has 29 heavy (non-hydrogen) atoms. The van der Waals surface area contributed by atoms with E-state index < -0.39 is 0 Å². The molecule has 5 rings (SSSR count). The molecule has 0 spiro atoms. The van der Waals surface area contributed by atoms with E-state index in [4.69, 9.17) is 5.73 Å². The van der Waals surface area contributed by atoms with Gasteiger partial charge in [-0.15, -0.1) is 0 Å². The molecule has 0 heterocycles. The highest BCUT2D eigenvalue weighted by molar-refractivity contribution is 5.99. The van der Waals surface area contributed by atoms with E-state index in [-0.39, 0.29) is 0 Å². The van der Waals surface area contributed by atoms with Crippen LogP contribution in [-0.2, 0) is 0 Å². The number of anilines is 3. The van der Waals surface area contributed by atoms with Crippen LogP contribution in [0.1, 0.15) is 0 Å². The maximum atomic E-state index is 6.13. The molecule has 0 aliphatic heterocycles. The van der Waals surface area contributed by atoms with Gasteiger partial charge < -0.3 is 10.6 Å². The molecule has 5 aromatic carbocycles. The molecule has 0 saturated carbocycles.